The Morgan fingerprint density at radius 2 is 1.83 bits per heavy atom. The lowest BCUT2D eigenvalue weighted by molar-refractivity contribution is 0.311. The Labute approximate surface area is 172 Å². The number of hydrogen-bond acceptors (Lipinski definition) is 5. The van der Waals surface area contributed by atoms with E-state index in [0.717, 1.165) is 23.1 Å². The predicted molar refractivity (Wildman–Crippen MR) is 118 cm³/mol. The number of methoxy groups -OCH3 is 1. The topological polar surface area (TPSA) is 71.4 Å². The van der Waals surface area contributed by atoms with Gasteiger partial charge in [0, 0.05) is 11.9 Å². The van der Waals surface area contributed by atoms with E-state index in [9.17, 15) is 4.79 Å². The maximum Gasteiger partial charge on any atom is 0.294 e. The van der Waals surface area contributed by atoms with Crippen molar-refractivity contribution in [2.24, 2.45) is 0 Å². The van der Waals surface area contributed by atoms with E-state index in [1.54, 1.807) is 7.11 Å². The summed E-state index contributed by atoms with van der Waals surface area (Å²) >= 11 is 0. The Kier molecular flexibility index (Phi) is 4.48. The third-order valence-electron chi connectivity index (χ3n) is 5.26. The summed E-state index contributed by atoms with van der Waals surface area (Å²) in [5.41, 5.74) is 2.49. The highest BCUT2D eigenvalue weighted by atomic mass is 16.5. The summed E-state index contributed by atoms with van der Waals surface area (Å²) in [5, 5.41) is 3.16. The molecule has 0 spiro atoms. The molecule has 0 saturated carbocycles. The van der Waals surface area contributed by atoms with Gasteiger partial charge < -0.3 is 14.1 Å². The first kappa shape index (κ1) is 18.4. The highest BCUT2D eigenvalue weighted by molar-refractivity contribution is 6.01. The predicted octanol–water partition coefficient (Wildman–Crippen LogP) is 4.46. The summed E-state index contributed by atoms with van der Waals surface area (Å²) in [4.78, 5) is 22.1. The van der Waals surface area contributed by atoms with E-state index in [4.69, 9.17) is 9.15 Å². The molecular weight excluding hydrogens is 378 g/mol. The van der Waals surface area contributed by atoms with Gasteiger partial charge in [0.05, 0.1) is 13.7 Å². The second-order valence-corrected chi connectivity index (χ2v) is 7.51. The van der Waals surface area contributed by atoms with Crippen molar-refractivity contribution in [2.45, 2.75) is 13.1 Å². The van der Waals surface area contributed by atoms with Gasteiger partial charge in [-0.3, -0.25) is 9.69 Å². The summed E-state index contributed by atoms with van der Waals surface area (Å²) in [7, 11) is 3.68. The van der Waals surface area contributed by atoms with Crippen LogP contribution < -0.4 is 10.3 Å². The lowest BCUT2D eigenvalue weighted by Crippen LogP contribution is -2.21. The lowest BCUT2D eigenvalue weighted by Gasteiger charge is -2.16. The first-order valence-electron chi connectivity index (χ1n) is 9.76. The molecule has 1 N–H and O–H groups in total. The molecule has 0 radical (unpaired) electrons. The van der Waals surface area contributed by atoms with E-state index in [2.05, 4.69) is 39.1 Å². The normalized spacial score (nSPS) is 11.7. The van der Waals surface area contributed by atoms with Crippen LogP contribution in [0.15, 0.2) is 69.9 Å². The molecular formula is C24H21N3O3. The molecule has 2 aromatic heterocycles. The molecule has 2 heterocycles. The number of ether oxygens (including phenoxy) is 1. The molecule has 0 atom stereocenters. The SMILES string of the molecule is COc1ccc2cc(CN(C)Cc3nc4c(oc5ccccc54)c(=O)[nH]3)ccc2c1. The third-order valence-corrected chi connectivity index (χ3v) is 5.26. The molecule has 0 aliphatic rings. The van der Waals surface area contributed by atoms with Gasteiger partial charge in [0.15, 0.2) is 0 Å². The van der Waals surface area contributed by atoms with Crippen LogP contribution in [-0.2, 0) is 13.1 Å². The zero-order chi connectivity index (χ0) is 20.7. The second-order valence-electron chi connectivity index (χ2n) is 7.51. The van der Waals surface area contributed by atoms with Crippen molar-refractivity contribution in [2.75, 3.05) is 14.2 Å². The van der Waals surface area contributed by atoms with Gasteiger partial charge in [0.2, 0.25) is 5.58 Å². The quantitative estimate of drug-likeness (QED) is 0.472. The van der Waals surface area contributed by atoms with Crippen molar-refractivity contribution in [3.05, 3.63) is 82.4 Å². The highest BCUT2D eigenvalue weighted by Crippen LogP contribution is 2.25. The molecule has 6 heteroatoms. The van der Waals surface area contributed by atoms with Gasteiger partial charge in [0.25, 0.3) is 5.56 Å². The summed E-state index contributed by atoms with van der Waals surface area (Å²) in [6.45, 7) is 1.25. The number of hydrogen-bond donors (Lipinski definition) is 1. The zero-order valence-electron chi connectivity index (χ0n) is 16.8. The zero-order valence-corrected chi connectivity index (χ0v) is 16.8. The highest BCUT2D eigenvalue weighted by Gasteiger charge is 2.14. The molecule has 0 bridgehead atoms. The molecule has 150 valence electrons. The van der Waals surface area contributed by atoms with Crippen LogP contribution in [0.2, 0.25) is 0 Å². The fourth-order valence-corrected chi connectivity index (χ4v) is 3.84. The van der Waals surface area contributed by atoms with Crippen LogP contribution in [-0.4, -0.2) is 29.0 Å². The summed E-state index contributed by atoms with van der Waals surface area (Å²) in [6, 6.07) is 20.0. The van der Waals surface area contributed by atoms with E-state index >= 15 is 0 Å². The van der Waals surface area contributed by atoms with Gasteiger partial charge in [-0.25, -0.2) is 4.98 Å². The molecule has 0 saturated heterocycles. The molecule has 0 fully saturated rings. The molecule has 0 aliphatic heterocycles. The molecule has 3 aromatic carbocycles. The summed E-state index contributed by atoms with van der Waals surface area (Å²) in [5.74, 6) is 1.47. The fraction of sp³-hybridized carbons (Fsp3) is 0.167. The number of para-hydroxylation sites is 1. The Bertz CT molecular complexity index is 1430. The van der Waals surface area contributed by atoms with Gasteiger partial charge in [-0.1, -0.05) is 30.3 Å². The first-order valence-corrected chi connectivity index (χ1v) is 9.76. The molecule has 0 amide bonds. The average molecular weight is 399 g/mol. The number of H-pyrrole nitrogens is 1. The van der Waals surface area contributed by atoms with Crippen molar-refractivity contribution in [1.29, 1.82) is 0 Å². The van der Waals surface area contributed by atoms with Crippen LogP contribution in [0.1, 0.15) is 11.4 Å². The van der Waals surface area contributed by atoms with E-state index < -0.39 is 0 Å². The molecule has 5 rings (SSSR count). The number of benzene rings is 3. The Morgan fingerprint density at radius 3 is 2.70 bits per heavy atom. The third kappa shape index (κ3) is 3.31. The van der Waals surface area contributed by atoms with E-state index in [1.807, 2.05) is 43.4 Å². The number of nitrogens with one attached hydrogen (secondary N) is 1. The maximum atomic E-state index is 12.5. The average Bonchev–Trinajstić information content (AvgIpc) is 3.12. The number of nitrogens with zero attached hydrogens (tertiary/aromatic N) is 2. The van der Waals surface area contributed by atoms with E-state index in [0.29, 0.717) is 23.5 Å². The number of aromatic nitrogens is 2. The van der Waals surface area contributed by atoms with Crippen molar-refractivity contribution >= 4 is 32.8 Å². The van der Waals surface area contributed by atoms with E-state index in [-0.39, 0.29) is 11.1 Å². The molecule has 0 unspecified atom stereocenters. The Hall–Kier alpha value is -3.64. The fourth-order valence-electron chi connectivity index (χ4n) is 3.84. The minimum atomic E-state index is -0.251. The van der Waals surface area contributed by atoms with Crippen molar-refractivity contribution in [3.63, 3.8) is 0 Å². The smallest absolute Gasteiger partial charge is 0.294 e. The van der Waals surface area contributed by atoms with Crippen molar-refractivity contribution < 1.29 is 9.15 Å². The van der Waals surface area contributed by atoms with Gasteiger partial charge in [-0.2, -0.15) is 0 Å². The van der Waals surface area contributed by atoms with E-state index in [1.165, 1.54) is 10.9 Å². The van der Waals surface area contributed by atoms with Crippen molar-refractivity contribution in [1.82, 2.24) is 14.9 Å². The largest absolute Gasteiger partial charge is 0.497 e. The van der Waals surface area contributed by atoms with Crippen LogP contribution in [0.4, 0.5) is 0 Å². The van der Waals surface area contributed by atoms with Gasteiger partial charge in [0.1, 0.15) is 22.7 Å². The van der Waals surface area contributed by atoms with Crippen LogP contribution in [0.3, 0.4) is 0 Å². The second kappa shape index (κ2) is 7.31. The number of furan rings is 1. The van der Waals surface area contributed by atoms with Crippen molar-refractivity contribution in [3.8, 4) is 5.75 Å². The number of rotatable bonds is 5. The minimum Gasteiger partial charge on any atom is -0.497 e. The van der Waals surface area contributed by atoms with Crippen LogP contribution in [0.5, 0.6) is 5.75 Å². The monoisotopic (exact) mass is 399 g/mol. The molecule has 30 heavy (non-hydrogen) atoms. The summed E-state index contributed by atoms with van der Waals surface area (Å²) < 4.78 is 11.0. The number of fused-ring (bicyclic) bond motifs is 4. The minimum absolute atomic E-state index is 0.251. The first-order chi connectivity index (χ1) is 14.6. The maximum absolute atomic E-state index is 12.5. The van der Waals surface area contributed by atoms with Crippen LogP contribution >= 0.6 is 0 Å². The number of aromatic amines is 1. The molecule has 6 nitrogen and oxygen atoms in total. The Balaban J connectivity index is 1.40. The lowest BCUT2D eigenvalue weighted by atomic mass is 10.1. The standard InChI is InChI=1S/C24H21N3O3/c1-27(13-15-7-8-17-12-18(29-2)10-9-16(17)11-15)14-21-25-22-19-5-3-4-6-20(19)30-23(22)24(28)26-21/h3-12H,13-14H2,1-2H3,(H,25,26,28). The van der Waals surface area contributed by atoms with Crippen LogP contribution in [0, 0.1) is 0 Å². The van der Waals surface area contributed by atoms with Gasteiger partial charge in [-0.15, -0.1) is 0 Å². The molecule has 0 aliphatic carbocycles. The van der Waals surface area contributed by atoms with Gasteiger partial charge >= 0.3 is 0 Å². The summed E-state index contributed by atoms with van der Waals surface area (Å²) in [6.07, 6.45) is 0. The van der Waals surface area contributed by atoms with Gasteiger partial charge in [-0.05, 0) is 53.7 Å². The van der Waals surface area contributed by atoms with Crippen LogP contribution in [0.25, 0.3) is 32.8 Å². The Morgan fingerprint density at radius 1 is 1.03 bits per heavy atom. The molecule has 5 aromatic rings.